The number of rotatable bonds is 2. The van der Waals surface area contributed by atoms with Crippen LogP contribution >= 0.6 is 0 Å². The third-order valence-corrected chi connectivity index (χ3v) is 3.81. The zero-order chi connectivity index (χ0) is 13.0. The van der Waals surface area contributed by atoms with Gasteiger partial charge < -0.3 is 11.1 Å². The van der Waals surface area contributed by atoms with Gasteiger partial charge in [-0.15, -0.1) is 0 Å². The zero-order valence-corrected chi connectivity index (χ0v) is 11.0. The number of benzene rings is 1. The standard InChI is InChI=1S/C15H22N2O/c1-11-13(9-6-10-14(11)16)15(18)17-12-7-4-2-3-5-8-12/h6,9-10,12H,2-5,7-8,16H2,1H3,(H,17,18). The van der Waals surface area contributed by atoms with Crippen molar-refractivity contribution < 1.29 is 4.79 Å². The van der Waals surface area contributed by atoms with Crippen LogP contribution in [0.3, 0.4) is 0 Å². The van der Waals surface area contributed by atoms with Crippen LogP contribution in [0.2, 0.25) is 0 Å². The van der Waals surface area contributed by atoms with Crippen LogP contribution < -0.4 is 11.1 Å². The fourth-order valence-electron chi connectivity index (χ4n) is 2.59. The van der Waals surface area contributed by atoms with Gasteiger partial charge in [-0.25, -0.2) is 0 Å². The molecule has 1 fully saturated rings. The summed E-state index contributed by atoms with van der Waals surface area (Å²) in [5.41, 5.74) is 8.11. The van der Waals surface area contributed by atoms with E-state index in [1.165, 1.54) is 25.7 Å². The minimum Gasteiger partial charge on any atom is -0.398 e. The first-order valence-corrected chi connectivity index (χ1v) is 6.84. The Bertz CT molecular complexity index is 421. The largest absolute Gasteiger partial charge is 0.398 e. The average Bonchev–Trinajstić information content (AvgIpc) is 2.61. The lowest BCUT2D eigenvalue weighted by atomic mass is 10.0. The first-order chi connectivity index (χ1) is 8.68. The molecule has 0 heterocycles. The first kappa shape index (κ1) is 12.9. The Morgan fingerprint density at radius 1 is 1.22 bits per heavy atom. The van der Waals surface area contributed by atoms with Crippen LogP contribution in [0.15, 0.2) is 18.2 Å². The summed E-state index contributed by atoms with van der Waals surface area (Å²) in [5.74, 6) is 0.0201. The van der Waals surface area contributed by atoms with Crippen LogP contribution in [0.25, 0.3) is 0 Å². The average molecular weight is 246 g/mol. The highest BCUT2D eigenvalue weighted by Crippen LogP contribution is 2.19. The summed E-state index contributed by atoms with van der Waals surface area (Å²) in [5, 5.41) is 3.15. The fourth-order valence-corrected chi connectivity index (χ4v) is 2.59. The molecule has 0 atom stereocenters. The van der Waals surface area contributed by atoms with Gasteiger partial charge in [-0.2, -0.15) is 0 Å². The van der Waals surface area contributed by atoms with Gasteiger partial charge in [0.15, 0.2) is 0 Å². The minimum absolute atomic E-state index is 0.0201. The summed E-state index contributed by atoms with van der Waals surface area (Å²) in [4.78, 5) is 12.2. The second-order valence-corrected chi connectivity index (χ2v) is 5.18. The Hall–Kier alpha value is -1.51. The van der Waals surface area contributed by atoms with Crippen LogP contribution in [0.5, 0.6) is 0 Å². The summed E-state index contributed by atoms with van der Waals surface area (Å²) in [6.45, 7) is 1.90. The molecule has 1 amide bonds. The monoisotopic (exact) mass is 246 g/mol. The molecular weight excluding hydrogens is 224 g/mol. The zero-order valence-electron chi connectivity index (χ0n) is 11.0. The first-order valence-electron chi connectivity index (χ1n) is 6.84. The maximum absolute atomic E-state index is 12.2. The molecular formula is C15H22N2O. The molecule has 0 spiro atoms. The lowest BCUT2D eigenvalue weighted by Crippen LogP contribution is -2.34. The number of carbonyl (C=O) groups is 1. The van der Waals surface area contributed by atoms with Gasteiger partial charge in [0, 0.05) is 17.3 Å². The molecule has 3 nitrogen and oxygen atoms in total. The van der Waals surface area contributed by atoms with E-state index in [-0.39, 0.29) is 5.91 Å². The molecule has 2 rings (SSSR count). The van der Waals surface area contributed by atoms with Crippen molar-refractivity contribution in [3.05, 3.63) is 29.3 Å². The molecule has 1 aliphatic rings. The number of carbonyl (C=O) groups excluding carboxylic acids is 1. The predicted octanol–water partition coefficient (Wildman–Crippen LogP) is 3.03. The fraction of sp³-hybridized carbons (Fsp3) is 0.533. The molecule has 1 saturated carbocycles. The smallest absolute Gasteiger partial charge is 0.251 e. The Morgan fingerprint density at radius 2 is 1.89 bits per heavy atom. The topological polar surface area (TPSA) is 55.1 Å². The summed E-state index contributed by atoms with van der Waals surface area (Å²) < 4.78 is 0. The van der Waals surface area contributed by atoms with Gasteiger partial charge in [-0.1, -0.05) is 31.7 Å². The molecule has 0 bridgehead atoms. The van der Waals surface area contributed by atoms with E-state index in [0.717, 1.165) is 18.4 Å². The quantitative estimate of drug-likeness (QED) is 0.622. The highest BCUT2D eigenvalue weighted by molar-refractivity contribution is 5.97. The normalized spacial score (nSPS) is 17.2. The Balaban J connectivity index is 2.04. The highest BCUT2D eigenvalue weighted by atomic mass is 16.1. The van der Waals surface area contributed by atoms with Gasteiger partial charge in [0.1, 0.15) is 0 Å². The van der Waals surface area contributed by atoms with E-state index in [4.69, 9.17) is 5.73 Å². The van der Waals surface area contributed by atoms with Crippen molar-refractivity contribution in [1.29, 1.82) is 0 Å². The second kappa shape index (κ2) is 5.89. The Kier molecular flexibility index (Phi) is 4.24. The summed E-state index contributed by atoms with van der Waals surface area (Å²) in [7, 11) is 0. The van der Waals surface area contributed by atoms with Crippen LogP contribution in [0.4, 0.5) is 5.69 Å². The van der Waals surface area contributed by atoms with Crippen LogP contribution in [-0.4, -0.2) is 11.9 Å². The van der Waals surface area contributed by atoms with E-state index in [9.17, 15) is 4.79 Å². The minimum atomic E-state index is 0.0201. The molecule has 1 aromatic rings. The van der Waals surface area contributed by atoms with Gasteiger partial charge in [0.25, 0.3) is 5.91 Å². The van der Waals surface area contributed by atoms with E-state index < -0.39 is 0 Å². The van der Waals surface area contributed by atoms with Crippen LogP contribution in [0.1, 0.15) is 54.4 Å². The van der Waals surface area contributed by atoms with Crippen molar-refractivity contribution in [2.75, 3.05) is 5.73 Å². The molecule has 0 saturated heterocycles. The van der Waals surface area contributed by atoms with Gasteiger partial charge >= 0.3 is 0 Å². The van der Waals surface area contributed by atoms with E-state index in [1.807, 2.05) is 25.1 Å². The Labute approximate surface area is 109 Å². The van der Waals surface area contributed by atoms with E-state index in [2.05, 4.69) is 5.32 Å². The summed E-state index contributed by atoms with van der Waals surface area (Å²) >= 11 is 0. The van der Waals surface area contributed by atoms with Crippen molar-refractivity contribution in [1.82, 2.24) is 5.32 Å². The van der Waals surface area contributed by atoms with Crippen molar-refractivity contribution >= 4 is 11.6 Å². The highest BCUT2D eigenvalue weighted by Gasteiger charge is 2.17. The third kappa shape index (κ3) is 3.03. The van der Waals surface area contributed by atoms with E-state index in [1.54, 1.807) is 0 Å². The Morgan fingerprint density at radius 3 is 2.56 bits per heavy atom. The third-order valence-electron chi connectivity index (χ3n) is 3.81. The van der Waals surface area contributed by atoms with Gasteiger partial charge in [-0.05, 0) is 37.5 Å². The number of hydrogen-bond donors (Lipinski definition) is 2. The molecule has 18 heavy (non-hydrogen) atoms. The van der Waals surface area contributed by atoms with Crippen molar-refractivity contribution in [2.45, 2.75) is 51.5 Å². The number of amides is 1. The number of nitrogens with two attached hydrogens (primary N) is 1. The predicted molar refractivity (Wildman–Crippen MR) is 74.5 cm³/mol. The molecule has 1 aliphatic carbocycles. The number of nitrogens with one attached hydrogen (secondary N) is 1. The summed E-state index contributed by atoms with van der Waals surface area (Å²) in [6, 6.07) is 5.85. The van der Waals surface area contributed by atoms with Gasteiger partial charge in [-0.3, -0.25) is 4.79 Å². The summed E-state index contributed by atoms with van der Waals surface area (Å²) in [6.07, 6.45) is 7.25. The maximum Gasteiger partial charge on any atom is 0.251 e. The number of nitrogen functional groups attached to an aromatic ring is 1. The lowest BCUT2D eigenvalue weighted by Gasteiger charge is -2.17. The van der Waals surface area contributed by atoms with E-state index >= 15 is 0 Å². The second-order valence-electron chi connectivity index (χ2n) is 5.18. The van der Waals surface area contributed by atoms with E-state index in [0.29, 0.717) is 17.3 Å². The molecule has 0 unspecified atom stereocenters. The molecule has 0 radical (unpaired) electrons. The molecule has 3 heteroatoms. The van der Waals surface area contributed by atoms with Gasteiger partial charge in [0.2, 0.25) is 0 Å². The van der Waals surface area contributed by atoms with Crippen molar-refractivity contribution in [3.63, 3.8) is 0 Å². The number of hydrogen-bond acceptors (Lipinski definition) is 2. The lowest BCUT2D eigenvalue weighted by molar-refractivity contribution is 0.0933. The van der Waals surface area contributed by atoms with Gasteiger partial charge in [0.05, 0.1) is 0 Å². The molecule has 3 N–H and O–H groups in total. The van der Waals surface area contributed by atoms with Crippen LogP contribution in [0, 0.1) is 6.92 Å². The maximum atomic E-state index is 12.2. The number of anilines is 1. The molecule has 0 aromatic heterocycles. The van der Waals surface area contributed by atoms with Crippen molar-refractivity contribution in [2.24, 2.45) is 0 Å². The molecule has 1 aromatic carbocycles. The molecule has 0 aliphatic heterocycles. The van der Waals surface area contributed by atoms with Crippen molar-refractivity contribution in [3.8, 4) is 0 Å². The molecule has 98 valence electrons. The SMILES string of the molecule is Cc1c(N)cccc1C(=O)NC1CCCCCC1. The van der Waals surface area contributed by atoms with Crippen LogP contribution in [-0.2, 0) is 0 Å².